The van der Waals surface area contributed by atoms with Crippen molar-refractivity contribution in [2.75, 3.05) is 13.7 Å². The van der Waals surface area contributed by atoms with E-state index >= 15 is 0 Å². The molecule has 0 aliphatic carbocycles. The van der Waals surface area contributed by atoms with Gasteiger partial charge in [-0.2, -0.15) is 0 Å². The van der Waals surface area contributed by atoms with Crippen LogP contribution in [0.4, 0.5) is 0 Å². The molecule has 0 saturated carbocycles. The Morgan fingerprint density at radius 2 is 2.00 bits per heavy atom. The van der Waals surface area contributed by atoms with Gasteiger partial charge in [0.1, 0.15) is 0 Å². The zero-order chi connectivity index (χ0) is 12.7. The van der Waals surface area contributed by atoms with Gasteiger partial charge in [0.15, 0.2) is 0 Å². The van der Waals surface area contributed by atoms with E-state index in [9.17, 15) is 9.59 Å². The minimum atomic E-state index is -0.953. The summed E-state index contributed by atoms with van der Waals surface area (Å²) in [6, 6.07) is 8.72. The van der Waals surface area contributed by atoms with Crippen molar-refractivity contribution in [3.63, 3.8) is 0 Å². The number of methoxy groups -OCH3 is 1. The van der Waals surface area contributed by atoms with Gasteiger partial charge < -0.3 is 15.2 Å². The summed E-state index contributed by atoms with van der Waals surface area (Å²) in [5.41, 5.74) is 0.540. The molecular formula is C12H15NO4. The van der Waals surface area contributed by atoms with Gasteiger partial charge >= 0.3 is 5.97 Å². The number of hydrogen-bond donors (Lipinski definition) is 2. The van der Waals surface area contributed by atoms with Crippen molar-refractivity contribution in [1.29, 1.82) is 0 Å². The predicted molar refractivity (Wildman–Crippen MR) is 61.8 cm³/mol. The summed E-state index contributed by atoms with van der Waals surface area (Å²) in [5, 5.41) is 11.2. The third-order valence-corrected chi connectivity index (χ3v) is 2.26. The first-order chi connectivity index (χ1) is 8.13. The highest BCUT2D eigenvalue weighted by atomic mass is 16.5. The number of carboxylic acids is 1. The van der Waals surface area contributed by atoms with E-state index in [2.05, 4.69) is 5.32 Å². The van der Waals surface area contributed by atoms with Crippen molar-refractivity contribution < 1.29 is 19.4 Å². The number of benzene rings is 1. The molecule has 2 N–H and O–H groups in total. The maximum absolute atomic E-state index is 11.6. The van der Waals surface area contributed by atoms with Gasteiger partial charge in [0, 0.05) is 19.2 Å². The van der Waals surface area contributed by atoms with Crippen LogP contribution in [0.3, 0.4) is 0 Å². The summed E-state index contributed by atoms with van der Waals surface area (Å²) >= 11 is 0. The van der Waals surface area contributed by atoms with Crippen LogP contribution in [0.25, 0.3) is 0 Å². The highest BCUT2D eigenvalue weighted by Crippen LogP contribution is 2.00. The molecule has 0 aliphatic heterocycles. The molecule has 0 saturated heterocycles. The maximum atomic E-state index is 11.6. The summed E-state index contributed by atoms with van der Waals surface area (Å²) < 4.78 is 4.95. The Hall–Kier alpha value is -1.88. The van der Waals surface area contributed by atoms with E-state index in [-0.39, 0.29) is 18.9 Å². The third kappa shape index (κ3) is 4.65. The van der Waals surface area contributed by atoms with Crippen molar-refractivity contribution in [3.8, 4) is 0 Å². The van der Waals surface area contributed by atoms with Crippen LogP contribution in [0.15, 0.2) is 30.3 Å². The molecule has 0 bridgehead atoms. The lowest BCUT2D eigenvalue weighted by atomic mass is 10.2. The second kappa shape index (κ2) is 6.65. The highest BCUT2D eigenvalue weighted by molar-refractivity contribution is 5.94. The Labute approximate surface area is 99.4 Å². The van der Waals surface area contributed by atoms with E-state index in [0.29, 0.717) is 5.56 Å². The first-order valence-corrected chi connectivity index (χ1v) is 5.21. The second-order valence-corrected chi connectivity index (χ2v) is 3.53. The SMILES string of the molecule is COC(CNC(=O)c1ccccc1)CC(=O)O. The lowest BCUT2D eigenvalue weighted by molar-refractivity contribution is -0.139. The van der Waals surface area contributed by atoms with Crippen LogP contribution in [-0.2, 0) is 9.53 Å². The zero-order valence-corrected chi connectivity index (χ0v) is 9.55. The molecule has 1 aromatic carbocycles. The van der Waals surface area contributed by atoms with Gasteiger partial charge in [-0.1, -0.05) is 18.2 Å². The first kappa shape index (κ1) is 13.2. The molecule has 0 aromatic heterocycles. The molecule has 1 atom stereocenters. The molecule has 0 spiro atoms. The Morgan fingerprint density at radius 3 is 2.53 bits per heavy atom. The Bertz CT molecular complexity index is 377. The van der Waals surface area contributed by atoms with Crippen molar-refractivity contribution in [2.45, 2.75) is 12.5 Å². The third-order valence-electron chi connectivity index (χ3n) is 2.26. The van der Waals surface area contributed by atoms with Gasteiger partial charge in [-0.3, -0.25) is 9.59 Å². The fourth-order valence-electron chi connectivity index (χ4n) is 1.33. The standard InChI is InChI=1S/C12H15NO4/c1-17-10(7-11(14)15)8-13-12(16)9-5-3-2-4-6-9/h2-6,10H,7-8H2,1H3,(H,13,16)(H,14,15). The molecule has 5 heteroatoms. The van der Waals surface area contributed by atoms with Crippen LogP contribution in [0, 0.1) is 0 Å². The monoisotopic (exact) mass is 237 g/mol. The normalized spacial score (nSPS) is 11.8. The fourth-order valence-corrected chi connectivity index (χ4v) is 1.33. The van der Waals surface area contributed by atoms with Gasteiger partial charge in [0.25, 0.3) is 5.91 Å². The van der Waals surface area contributed by atoms with E-state index < -0.39 is 12.1 Å². The van der Waals surface area contributed by atoms with Crippen LogP contribution in [-0.4, -0.2) is 36.7 Å². The van der Waals surface area contributed by atoms with Gasteiger partial charge in [-0.05, 0) is 12.1 Å². The Kier molecular flexibility index (Phi) is 5.16. The number of aliphatic carboxylic acids is 1. The Balaban J connectivity index is 2.44. The van der Waals surface area contributed by atoms with Crippen LogP contribution in [0.1, 0.15) is 16.8 Å². The molecule has 0 fully saturated rings. The largest absolute Gasteiger partial charge is 0.481 e. The topological polar surface area (TPSA) is 75.6 Å². The number of carboxylic acid groups (broad SMARTS) is 1. The molecule has 1 rings (SSSR count). The summed E-state index contributed by atoms with van der Waals surface area (Å²) in [5.74, 6) is -1.19. The summed E-state index contributed by atoms with van der Waals surface area (Å²) in [7, 11) is 1.42. The molecule has 1 aromatic rings. The summed E-state index contributed by atoms with van der Waals surface area (Å²) in [6.45, 7) is 0.177. The smallest absolute Gasteiger partial charge is 0.306 e. The molecule has 0 aliphatic rings. The van der Waals surface area contributed by atoms with Gasteiger partial charge in [-0.25, -0.2) is 0 Å². The van der Waals surface area contributed by atoms with Crippen molar-refractivity contribution in [2.24, 2.45) is 0 Å². The van der Waals surface area contributed by atoms with Crippen LogP contribution in [0.5, 0.6) is 0 Å². The minimum Gasteiger partial charge on any atom is -0.481 e. The number of rotatable bonds is 6. The van der Waals surface area contributed by atoms with E-state index in [0.717, 1.165) is 0 Å². The summed E-state index contributed by atoms with van der Waals surface area (Å²) in [4.78, 5) is 22.1. The number of amides is 1. The van der Waals surface area contributed by atoms with Crippen molar-refractivity contribution in [1.82, 2.24) is 5.32 Å². The molecular weight excluding hydrogens is 222 g/mol. The second-order valence-electron chi connectivity index (χ2n) is 3.53. The number of nitrogens with one attached hydrogen (secondary N) is 1. The average molecular weight is 237 g/mol. The van der Waals surface area contributed by atoms with Crippen LogP contribution >= 0.6 is 0 Å². The molecule has 5 nitrogen and oxygen atoms in total. The average Bonchev–Trinajstić information content (AvgIpc) is 2.34. The number of carbonyl (C=O) groups is 2. The first-order valence-electron chi connectivity index (χ1n) is 5.21. The predicted octanol–water partition coefficient (Wildman–Crippen LogP) is 0.906. The van der Waals surface area contributed by atoms with Crippen LogP contribution in [0.2, 0.25) is 0 Å². The minimum absolute atomic E-state index is 0.133. The summed E-state index contributed by atoms with van der Waals surface area (Å²) in [6.07, 6.45) is -0.647. The molecule has 1 unspecified atom stereocenters. The van der Waals surface area contributed by atoms with E-state index in [4.69, 9.17) is 9.84 Å². The Morgan fingerprint density at radius 1 is 1.35 bits per heavy atom. The number of ether oxygens (including phenoxy) is 1. The maximum Gasteiger partial charge on any atom is 0.306 e. The van der Waals surface area contributed by atoms with Gasteiger partial charge in [0.05, 0.1) is 12.5 Å². The van der Waals surface area contributed by atoms with E-state index in [1.54, 1.807) is 24.3 Å². The van der Waals surface area contributed by atoms with Crippen molar-refractivity contribution >= 4 is 11.9 Å². The van der Waals surface area contributed by atoms with E-state index in [1.165, 1.54) is 7.11 Å². The van der Waals surface area contributed by atoms with Gasteiger partial charge in [0.2, 0.25) is 0 Å². The molecule has 0 heterocycles. The van der Waals surface area contributed by atoms with Crippen molar-refractivity contribution in [3.05, 3.63) is 35.9 Å². The molecule has 92 valence electrons. The molecule has 1 amide bonds. The van der Waals surface area contributed by atoms with E-state index in [1.807, 2.05) is 6.07 Å². The molecule has 0 radical (unpaired) electrons. The van der Waals surface area contributed by atoms with Gasteiger partial charge in [-0.15, -0.1) is 0 Å². The lowest BCUT2D eigenvalue weighted by Gasteiger charge is -2.13. The zero-order valence-electron chi connectivity index (χ0n) is 9.55. The van der Waals surface area contributed by atoms with Crippen LogP contribution < -0.4 is 5.32 Å². The highest BCUT2D eigenvalue weighted by Gasteiger charge is 2.13. The molecule has 17 heavy (non-hydrogen) atoms. The quantitative estimate of drug-likeness (QED) is 0.771. The lowest BCUT2D eigenvalue weighted by Crippen LogP contribution is -2.34. The fraction of sp³-hybridized carbons (Fsp3) is 0.333. The number of hydrogen-bond acceptors (Lipinski definition) is 3. The number of carbonyl (C=O) groups excluding carboxylic acids is 1.